The van der Waals surface area contributed by atoms with Gasteiger partial charge in [0.05, 0.1) is 17.2 Å². The minimum Gasteiger partial charge on any atom is -0.361 e. The summed E-state index contributed by atoms with van der Waals surface area (Å²) in [4.78, 5) is 39.6. The summed E-state index contributed by atoms with van der Waals surface area (Å²) in [6, 6.07) is 3.77. The Morgan fingerprint density at radius 2 is 1.56 bits per heavy atom. The Balaban J connectivity index is 1.99. The average molecular weight is 561 g/mol. The van der Waals surface area contributed by atoms with E-state index in [2.05, 4.69) is 0 Å². The molecule has 0 aromatic heterocycles. The average Bonchev–Trinajstić information content (AvgIpc) is 2.85. The maximum Gasteiger partial charge on any atom is 0.416 e. The lowest BCUT2D eigenvalue weighted by molar-refractivity contribution is -0.147. The number of benzene rings is 2. The van der Waals surface area contributed by atoms with Gasteiger partial charge in [0.1, 0.15) is 5.82 Å². The third kappa shape index (κ3) is 6.51. The molecule has 2 N–H and O–H groups in total. The normalized spacial score (nSPS) is 19.0. The van der Waals surface area contributed by atoms with Crippen molar-refractivity contribution in [3.63, 3.8) is 0 Å². The Labute approximate surface area is 219 Å². The van der Waals surface area contributed by atoms with Gasteiger partial charge in [-0.1, -0.05) is 6.07 Å². The first-order chi connectivity index (χ1) is 17.9. The van der Waals surface area contributed by atoms with Crippen LogP contribution in [-0.4, -0.2) is 47.7 Å². The van der Waals surface area contributed by atoms with Crippen LogP contribution in [0.3, 0.4) is 0 Å². The van der Waals surface area contributed by atoms with Gasteiger partial charge in [-0.05, 0) is 67.3 Å². The maximum atomic E-state index is 13.8. The van der Waals surface area contributed by atoms with Crippen LogP contribution >= 0.6 is 0 Å². The summed E-state index contributed by atoms with van der Waals surface area (Å²) < 4.78 is 94.0. The third-order valence-corrected chi connectivity index (χ3v) is 7.08. The molecule has 39 heavy (non-hydrogen) atoms. The van der Waals surface area contributed by atoms with Crippen LogP contribution in [-0.2, 0) is 26.7 Å². The lowest BCUT2D eigenvalue weighted by atomic mass is 9.78. The van der Waals surface area contributed by atoms with Crippen molar-refractivity contribution in [1.82, 2.24) is 9.80 Å². The molecule has 0 aliphatic carbocycles. The first-order valence-corrected chi connectivity index (χ1v) is 11.8. The fourth-order valence-corrected chi connectivity index (χ4v) is 4.85. The van der Waals surface area contributed by atoms with Crippen molar-refractivity contribution in [2.24, 2.45) is 11.7 Å². The van der Waals surface area contributed by atoms with Crippen molar-refractivity contribution >= 4 is 17.7 Å². The molecule has 6 nitrogen and oxygen atoms in total. The van der Waals surface area contributed by atoms with Gasteiger partial charge >= 0.3 is 24.2 Å². The number of likely N-dealkylation sites (tertiary alicyclic amines) is 1. The van der Waals surface area contributed by atoms with Crippen molar-refractivity contribution in [3.05, 3.63) is 70.0 Å². The van der Waals surface area contributed by atoms with Crippen LogP contribution in [0.2, 0.25) is 0 Å². The molecule has 212 valence electrons. The molecule has 0 unspecified atom stereocenters. The molecule has 0 radical (unpaired) electrons. The molecule has 3 rings (SSSR count). The van der Waals surface area contributed by atoms with E-state index in [0.29, 0.717) is 23.3 Å². The van der Waals surface area contributed by atoms with E-state index in [1.165, 1.54) is 26.1 Å². The zero-order valence-electron chi connectivity index (χ0n) is 21.2. The van der Waals surface area contributed by atoms with Gasteiger partial charge in [0.15, 0.2) is 0 Å². The molecule has 1 saturated heterocycles. The molecular weight excluding hydrogens is 535 g/mol. The Kier molecular flexibility index (Phi) is 8.32. The van der Waals surface area contributed by atoms with Crippen molar-refractivity contribution < 1.29 is 45.1 Å². The monoisotopic (exact) mass is 561 g/mol. The summed E-state index contributed by atoms with van der Waals surface area (Å²) >= 11 is 0. The fourth-order valence-electron chi connectivity index (χ4n) is 4.85. The summed E-state index contributed by atoms with van der Waals surface area (Å²) in [6.07, 6.45) is -10.1. The van der Waals surface area contributed by atoms with E-state index in [-0.39, 0.29) is 31.1 Å². The highest BCUT2D eigenvalue weighted by molar-refractivity contribution is 6.34. The van der Waals surface area contributed by atoms with Crippen molar-refractivity contribution in [1.29, 1.82) is 0 Å². The van der Waals surface area contributed by atoms with Gasteiger partial charge < -0.3 is 15.5 Å². The van der Waals surface area contributed by atoms with Crippen molar-refractivity contribution in [2.45, 2.75) is 44.6 Å². The highest BCUT2D eigenvalue weighted by Crippen LogP contribution is 2.40. The number of amides is 3. The van der Waals surface area contributed by atoms with Crippen molar-refractivity contribution in [3.8, 4) is 0 Å². The van der Waals surface area contributed by atoms with E-state index in [4.69, 9.17) is 5.73 Å². The van der Waals surface area contributed by atoms with E-state index in [0.717, 1.165) is 15.9 Å². The largest absolute Gasteiger partial charge is 0.416 e. The Morgan fingerprint density at radius 1 is 1.00 bits per heavy atom. The molecule has 0 bridgehead atoms. The molecule has 13 heteroatoms. The molecule has 3 atom stereocenters. The smallest absolute Gasteiger partial charge is 0.361 e. The minimum atomic E-state index is -5.05. The predicted octanol–water partition coefficient (Wildman–Crippen LogP) is 4.81. The van der Waals surface area contributed by atoms with E-state index in [1.807, 2.05) is 0 Å². The Bertz CT molecular complexity index is 1240. The van der Waals surface area contributed by atoms with Gasteiger partial charge in [-0.3, -0.25) is 14.4 Å². The number of hydrogen-bond donors (Lipinski definition) is 1. The SMILES string of the molecule is Cc1cc(F)ccc1[C@H]1CN(C(=O)C(N)=O)CC[C@@H]1C(=O)N(C)[C@H](C)c1cc(C(F)(F)F)cc(C(F)(F)F)c1. The zero-order valence-corrected chi connectivity index (χ0v) is 21.2. The second-order valence-electron chi connectivity index (χ2n) is 9.58. The molecule has 3 amide bonds. The number of nitrogens with two attached hydrogens (primary N) is 1. The second-order valence-corrected chi connectivity index (χ2v) is 9.58. The zero-order chi connectivity index (χ0) is 29.4. The van der Waals surface area contributed by atoms with E-state index in [1.54, 1.807) is 6.92 Å². The molecule has 2 aromatic rings. The standard InChI is InChI=1S/C26H26F7N3O3/c1-13-8-18(27)4-5-19(13)21-12-36(24(39)22(34)37)7-6-20(21)23(38)35(3)14(2)15-9-16(25(28,29)30)11-17(10-15)26(31,32)33/h4-5,8-11,14,20-21H,6-7,12H2,1-3H3,(H2,34,37)/t14-,20+,21-/m1/s1. The second kappa shape index (κ2) is 10.9. The summed E-state index contributed by atoms with van der Waals surface area (Å²) in [5, 5.41) is 0. The fraction of sp³-hybridized carbons (Fsp3) is 0.423. The van der Waals surface area contributed by atoms with Gasteiger partial charge in [-0.15, -0.1) is 0 Å². The van der Waals surface area contributed by atoms with E-state index in [9.17, 15) is 45.1 Å². The van der Waals surface area contributed by atoms with Gasteiger partial charge in [-0.2, -0.15) is 26.3 Å². The quantitative estimate of drug-likeness (QED) is 0.430. The first kappa shape index (κ1) is 29.9. The minimum absolute atomic E-state index is 0.0108. The molecule has 1 heterocycles. The summed E-state index contributed by atoms with van der Waals surface area (Å²) in [5.41, 5.74) is 2.69. The molecule has 2 aromatic carbocycles. The van der Waals surface area contributed by atoms with Gasteiger partial charge in [0, 0.05) is 32.0 Å². The number of primary amides is 1. The summed E-state index contributed by atoms with van der Waals surface area (Å²) in [7, 11) is 1.26. The predicted molar refractivity (Wildman–Crippen MR) is 125 cm³/mol. The van der Waals surface area contributed by atoms with E-state index >= 15 is 0 Å². The van der Waals surface area contributed by atoms with Gasteiger partial charge in [-0.25, -0.2) is 4.39 Å². The molecule has 1 aliphatic heterocycles. The number of alkyl halides is 6. The number of rotatable bonds is 4. The molecule has 0 spiro atoms. The number of piperidine rings is 1. The van der Waals surface area contributed by atoms with Crippen LogP contribution in [0.5, 0.6) is 0 Å². The summed E-state index contributed by atoms with van der Waals surface area (Å²) in [5.74, 6) is -4.96. The number of aryl methyl sites for hydroxylation is 1. The third-order valence-electron chi connectivity index (χ3n) is 7.08. The maximum absolute atomic E-state index is 13.8. The Hall–Kier alpha value is -3.64. The number of hydrogen-bond acceptors (Lipinski definition) is 3. The van der Waals surface area contributed by atoms with Gasteiger partial charge in [0.2, 0.25) is 5.91 Å². The number of nitrogens with zero attached hydrogens (tertiary/aromatic N) is 2. The summed E-state index contributed by atoms with van der Waals surface area (Å²) in [6.45, 7) is 2.72. The van der Waals surface area contributed by atoms with Crippen LogP contribution in [0.4, 0.5) is 30.7 Å². The topological polar surface area (TPSA) is 83.7 Å². The first-order valence-electron chi connectivity index (χ1n) is 11.8. The van der Waals surface area contributed by atoms with Crippen LogP contribution < -0.4 is 5.73 Å². The van der Waals surface area contributed by atoms with Crippen molar-refractivity contribution in [2.75, 3.05) is 20.1 Å². The molecular formula is C26H26F7N3O3. The van der Waals surface area contributed by atoms with Crippen LogP contribution in [0.25, 0.3) is 0 Å². The highest BCUT2D eigenvalue weighted by atomic mass is 19.4. The molecule has 1 fully saturated rings. The highest BCUT2D eigenvalue weighted by Gasteiger charge is 2.41. The lowest BCUT2D eigenvalue weighted by Crippen LogP contribution is -2.50. The van der Waals surface area contributed by atoms with Crippen LogP contribution in [0.15, 0.2) is 36.4 Å². The van der Waals surface area contributed by atoms with Crippen LogP contribution in [0.1, 0.15) is 53.1 Å². The van der Waals surface area contributed by atoms with E-state index < -0.39 is 64.9 Å². The molecule has 0 saturated carbocycles. The van der Waals surface area contributed by atoms with Gasteiger partial charge in [0.25, 0.3) is 0 Å². The molecule has 1 aliphatic rings. The van der Waals surface area contributed by atoms with Crippen LogP contribution in [0, 0.1) is 18.7 Å². The Morgan fingerprint density at radius 3 is 2.05 bits per heavy atom. The number of carbonyl (C=O) groups excluding carboxylic acids is 3. The number of carbonyl (C=O) groups is 3. The number of halogens is 7. The lowest BCUT2D eigenvalue weighted by Gasteiger charge is -2.40.